The molecule has 0 aliphatic rings. The molecular weight excluding hydrogens is 256 g/mol. The summed E-state index contributed by atoms with van der Waals surface area (Å²) in [5.74, 6) is 0. The van der Waals surface area contributed by atoms with Crippen molar-refractivity contribution in [1.29, 1.82) is 0 Å². The van der Waals surface area contributed by atoms with Crippen LogP contribution in [0, 0.1) is 6.92 Å². The second kappa shape index (κ2) is 6.10. The van der Waals surface area contributed by atoms with Crippen LogP contribution >= 0.6 is 15.9 Å². The average Bonchev–Trinajstić information content (AvgIpc) is 2.20. The predicted molar refractivity (Wildman–Crippen MR) is 67.3 cm³/mol. The molecule has 0 radical (unpaired) electrons. The van der Waals surface area contributed by atoms with Crippen molar-refractivity contribution in [2.75, 3.05) is 25.5 Å². The zero-order valence-corrected chi connectivity index (χ0v) is 10.6. The summed E-state index contributed by atoms with van der Waals surface area (Å²) in [6, 6.07) is 6.04. The van der Waals surface area contributed by atoms with Crippen LogP contribution in [0.15, 0.2) is 22.7 Å². The van der Waals surface area contributed by atoms with Crippen LogP contribution in [0.4, 0.5) is 5.69 Å². The molecule has 0 aliphatic carbocycles. The Hall–Kier alpha value is -0.580. The summed E-state index contributed by atoms with van der Waals surface area (Å²) in [6.07, 6.45) is -0.362. The summed E-state index contributed by atoms with van der Waals surface area (Å²) < 4.78 is 1.10. The Morgan fingerprint density at radius 3 is 2.73 bits per heavy atom. The zero-order valence-electron chi connectivity index (χ0n) is 9.05. The fraction of sp³-hybridized carbons (Fsp3) is 0.455. The van der Waals surface area contributed by atoms with E-state index in [2.05, 4.69) is 32.6 Å². The van der Waals surface area contributed by atoms with Gasteiger partial charge >= 0.3 is 0 Å². The van der Waals surface area contributed by atoms with Gasteiger partial charge < -0.3 is 15.7 Å². The third kappa shape index (κ3) is 4.20. The van der Waals surface area contributed by atoms with Crippen molar-refractivity contribution in [1.82, 2.24) is 5.32 Å². The van der Waals surface area contributed by atoms with Gasteiger partial charge in [0.25, 0.3) is 0 Å². The maximum atomic E-state index is 9.50. The molecule has 4 heteroatoms. The molecule has 0 aromatic heterocycles. The number of aliphatic hydroxyl groups is 1. The van der Waals surface area contributed by atoms with E-state index in [4.69, 9.17) is 0 Å². The van der Waals surface area contributed by atoms with E-state index in [0.29, 0.717) is 13.1 Å². The van der Waals surface area contributed by atoms with Crippen LogP contribution < -0.4 is 10.6 Å². The highest BCUT2D eigenvalue weighted by atomic mass is 79.9. The van der Waals surface area contributed by atoms with Crippen LogP contribution in [0.1, 0.15) is 5.56 Å². The number of likely N-dealkylation sites (N-methyl/N-ethyl adjacent to an activating group) is 1. The van der Waals surface area contributed by atoms with Gasteiger partial charge in [0.2, 0.25) is 0 Å². The normalized spacial score (nSPS) is 12.5. The van der Waals surface area contributed by atoms with Gasteiger partial charge in [-0.05, 0) is 37.7 Å². The summed E-state index contributed by atoms with van der Waals surface area (Å²) in [5.41, 5.74) is 2.22. The van der Waals surface area contributed by atoms with Gasteiger partial charge in [0.15, 0.2) is 0 Å². The largest absolute Gasteiger partial charge is 0.390 e. The average molecular weight is 273 g/mol. The molecule has 0 heterocycles. The second-order valence-electron chi connectivity index (χ2n) is 3.56. The first-order valence-corrected chi connectivity index (χ1v) is 5.75. The Morgan fingerprint density at radius 1 is 1.40 bits per heavy atom. The highest BCUT2D eigenvalue weighted by molar-refractivity contribution is 9.10. The van der Waals surface area contributed by atoms with E-state index >= 15 is 0 Å². The lowest BCUT2D eigenvalue weighted by atomic mass is 10.2. The summed E-state index contributed by atoms with van der Waals surface area (Å²) in [4.78, 5) is 0. The number of hydrogen-bond acceptors (Lipinski definition) is 3. The minimum atomic E-state index is -0.362. The maximum Gasteiger partial charge on any atom is 0.0836 e. The van der Waals surface area contributed by atoms with Gasteiger partial charge in [-0.15, -0.1) is 0 Å². The molecule has 0 aliphatic heterocycles. The van der Waals surface area contributed by atoms with E-state index in [1.54, 1.807) is 0 Å². The van der Waals surface area contributed by atoms with E-state index in [-0.39, 0.29) is 6.10 Å². The number of aliphatic hydroxyl groups excluding tert-OH is 1. The highest BCUT2D eigenvalue weighted by Crippen LogP contribution is 2.19. The molecule has 1 atom stereocenters. The Bertz CT molecular complexity index is 317. The molecule has 3 N–H and O–H groups in total. The van der Waals surface area contributed by atoms with Crippen molar-refractivity contribution in [3.8, 4) is 0 Å². The number of halogens is 1. The molecule has 1 aromatic rings. The molecule has 0 bridgehead atoms. The van der Waals surface area contributed by atoms with Gasteiger partial charge in [-0.3, -0.25) is 0 Å². The Labute approximate surface area is 99.0 Å². The molecule has 1 aromatic carbocycles. The molecule has 0 fully saturated rings. The fourth-order valence-electron chi connectivity index (χ4n) is 1.30. The number of rotatable bonds is 5. The Kier molecular flexibility index (Phi) is 5.08. The van der Waals surface area contributed by atoms with E-state index in [0.717, 1.165) is 10.2 Å². The standard InChI is InChI=1S/C11H17BrN2O/c1-8-5-9(3-4-11(8)12)14-7-10(15)6-13-2/h3-5,10,13-15H,6-7H2,1-2H3/t10-/m0/s1. The van der Waals surface area contributed by atoms with Crippen LogP contribution in [-0.2, 0) is 0 Å². The van der Waals surface area contributed by atoms with Crippen molar-refractivity contribution in [2.24, 2.45) is 0 Å². The van der Waals surface area contributed by atoms with E-state index in [9.17, 15) is 5.11 Å². The lowest BCUT2D eigenvalue weighted by molar-refractivity contribution is 0.187. The second-order valence-corrected chi connectivity index (χ2v) is 4.41. The number of benzene rings is 1. The monoisotopic (exact) mass is 272 g/mol. The molecule has 3 nitrogen and oxygen atoms in total. The molecule has 15 heavy (non-hydrogen) atoms. The highest BCUT2D eigenvalue weighted by Gasteiger charge is 2.02. The summed E-state index contributed by atoms with van der Waals surface area (Å²) in [7, 11) is 1.83. The molecule has 0 unspecified atom stereocenters. The molecule has 1 rings (SSSR count). The zero-order chi connectivity index (χ0) is 11.3. The molecule has 0 saturated heterocycles. The van der Waals surface area contributed by atoms with Crippen molar-refractivity contribution in [2.45, 2.75) is 13.0 Å². The van der Waals surface area contributed by atoms with Crippen molar-refractivity contribution in [3.05, 3.63) is 28.2 Å². The first-order chi connectivity index (χ1) is 7.13. The van der Waals surface area contributed by atoms with E-state index in [1.807, 2.05) is 26.1 Å². The van der Waals surface area contributed by atoms with Gasteiger partial charge in [-0.25, -0.2) is 0 Å². The number of nitrogens with one attached hydrogen (secondary N) is 2. The van der Waals surface area contributed by atoms with Gasteiger partial charge in [-0.1, -0.05) is 15.9 Å². The Morgan fingerprint density at radius 2 is 2.13 bits per heavy atom. The minimum absolute atomic E-state index is 0.362. The third-order valence-corrected chi connectivity index (χ3v) is 3.03. The molecule has 84 valence electrons. The van der Waals surface area contributed by atoms with Crippen molar-refractivity contribution in [3.63, 3.8) is 0 Å². The maximum absolute atomic E-state index is 9.50. The first kappa shape index (κ1) is 12.5. The van der Waals surface area contributed by atoms with Crippen molar-refractivity contribution < 1.29 is 5.11 Å². The van der Waals surface area contributed by atoms with E-state index in [1.165, 1.54) is 5.56 Å². The van der Waals surface area contributed by atoms with Crippen LogP contribution in [0.25, 0.3) is 0 Å². The quantitative estimate of drug-likeness (QED) is 0.766. The molecular formula is C11H17BrN2O. The number of anilines is 1. The minimum Gasteiger partial charge on any atom is -0.390 e. The van der Waals surface area contributed by atoms with Crippen LogP contribution in [0.2, 0.25) is 0 Å². The summed E-state index contributed by atoms with van der Waals surface area (Å²) in [5, 5.41) is 15.6. The van der Waals surface area contributed by atoms with Gasteiger partial charge in [0.05, 0.1) is 6.10 Å². The third-order valence-electron chi connectivity index (χ3n) is 2.14. The number of hydrogen-bond donors (Lipinski definition) is 3. The van der Waals surface area contributed by atoms with Crippen molar-refractivity contribution >= 4 is 21.6 Å². The molecule has 0 spiro atoms. The fourth-order valence-corrected chi connectivity index (χ4v) is 1.54. The van der Waals surface area contributed by atoms with E-state index < -0.39 is 0 Å². The lowest BCUT2D eigenvalue weighted by Crippen LogP contribution is -2.30. The lowest BCUT2D eigenvalue weighted by Gasteiger charge is -2.12. The van der Waals surface area contributed by atoms with Gasteiger partial charge in [-0.2, -0.15) is 0 Å². The topological polar surface area (TPSA) is 44.3 Å². The first-order valence-electron chi connectivity index (χ1n) is 4.96. The summed E-state index contributed by atoms with van der Waals surface area (Å²) >= 11 is 3.45. The van der Waals surface area contributed by atoms with Crippen LogP contribution in [0.5, 0.6) is 0 Å². The van der Waals surface area contributed by atoms with Gasteiger partial charge in [0.1, 0.15) is 0 Å². The summed E-state index contributed by atoms with van der Waals surface area (Å²) in [6.45, 7) is 3.20. The molecule has 0 saturated carbocycles. The predicted octanol–water partition coefficient (Wildman–Crippen LogP) is 1.75. The smallest absolute Gasteiger partial charge is 0.0836 e. The molecule has 0 amide bonds. The van der Waals surface area contributed by atoms with Gasteiger partial charge in [0, 0.05) is 23.2 Å². The van der Waals surface area contributed by atoms with Crippen LogP contribution in [0.3, 0.4) is 0 Å². The number of aryl methyl sites for hydroxylation is 1. The Balaban J connectivity index is 2.47. The SMILES string of the molecule is CNC[C@H](O)CNc1ccc(Br)c(C)c1. The van der Waals surface area contributed by atoms with Crippen LogP contribution in [-0.4, -0.2) is 31.3 Å².